The maximum atomic E-state index is 9.44. The minimum absolute atomic E-state index is 0.128. The summed E-state index contributed by atoms with van der Waals surface area (Å²) in [5, 5.41) is 12.7. The molecule has 90 valence electrons. The lowest BCUT2D eigenvalue weighted by molar-refractivity contribution is 0.125. The number of nitrogens with one attached hydrogen (secondary N) is 1. The molecule has 0 amide bonds. The third-order valence-electron chi connectivity index (χ3n) is 3.32. The van der Waals surface area contributed by atoms with Gasteiger partial charge in [0, 0.05) is 6.04 Å². The van der Waals surface area contributed by atoms with Gasteiger partial charge in [-0.15, -0.1) is 0 Å². The number of aromatic nitrogens is 1. The summed E-state index contributed by atoms with van der Waals surface area (Å²) in [6.45, 7) is 0. The number of fused-ring (bicyclic) bond motifs is 1. The number of hydrogen-bond acceptors (Lipinski definition) is 4. The van der Waals surface area contributed by atoms with Crippen LogP contribution in [0.4, 0.5) is 6.01 Å². The Morgan fingerprint density at radius 2 is 1.94 bits per heavy atom. The summed E-state index contributed by atoms with van der Waals surface area (Å²) in [7, 11) is 0. The highest BCUT2D eigenvalue weighted by molar-refractivity contribution is 5.74. The van der Waals surface area contributed by atoms with E-state index in [-0.39, 0.29) is 6.10 Å². The minimum Gasteiger partial charge on any atom is -0.424 e. The Hall–Kier alpha value is -1.55. The van der Waals surface area contributed by atoms with Gasteiger partial charge in [-0.25, -0.2) is 0 Å². The number of benzene rings is 1. The van der Waals surface area contributed by atoms with Gasteiger partial charge in [-0.3, -0.25) is 0 Å². The number of para-hydroxylation sites is 2. The highest BCUT2D eigenvalue weighted by atomic mass is 16.4. The molecule has 1 aromatic carbocycles. The monoisotopic (exact) mass is 232 g/mol. The summed E-state index contributed by atoms with van der Waals surface area (Å²) >= 11 is 0. The van der Waals surface area contributed by atoms with Crippen LogP contribution in [0.5, 0.6) is 0 Å². The molecule has 0 aliphatic heterocycles. The highest BCUT2D eigenvalue weighted by Gasteiger charge is 2.20. The van der Waals surface area contributed by atoms with Crippen LogP contribution >= 0.6 is 0 Å². The van der Waals surface area contributed by atoms with Gasteiger partial charge in [0.15, 0.2) is 5.58 Å². The zero-order valence-corrected chi connectivity index (χ0v) is 9.60. The van der Waals surface area contributed by atoms with Crippen LogP contribution in [0.2, 0.25) is 0 Å². The number of aliphatic hydroxyl groups is 1. The Balaban J connectivity index is 1.72. The molecule has 1 fully saturated rings. The van der Waals surface area contributed by atoms with Crippen molar-refractivity contribution in [2.45, 2.75) is 37.8 Å². The lowest BCUT2D eigenvalue weighted by Gasteiger charge is -2.25. The molecule has 1 heterocycles. The van der Waals surface area contributed by atoms with E-state index in [2.05, 4.69) is 10.3 Å². The van der Waals surface area contributed by atoms with E-state index < -0.39 is 0 Å². The van der Waals surface area contributed by atoms with Crippen LogP contribution in [0.15, 0.2) is 28.7 Å². The van der Waals surface area contributed by atoms with Gasteiger partial charge in [-0.1, -0.05) is 12.1 Å². The molecule has 0 radical (unpaired) electrons. The van der Waals surface area contributed by atoms with Crippen molar-refractivity contribution < 1.29 is 9.52 Å². The molecular formula is C13H16N2O2. The molecule has 3 rings (SSSR count). The second kappa shape index (κ2) is 4.37. The Morgan fingerprint density at radius 1 is 1.18 bits per heavy atom. The average molecular weight is 232 g/mol. The van der Waals surface area contributed by atoms with Crippen LogP contribution in [0.25, 0.3) is 11.1 Å². The molecule has 2 aromatic rings. The zero-order chi connectivity index (χ0) is 11.7. The first-order valence-corrected chi connectivity index (χ1v) is 6.11. The van der Waals surface area contributed by atoms with Crippen molar-refractivity contribution in [3.63, 3.8) is 0 Å². The van der Waals surface area contributed by atoms with E-state index in [1.54, 1.807) is 0 Å². The Labute approximate surface area is 99.7 Å². The van der Waals surface area contributed by atoms with Crippen molar-refractivity contribution in [2.75, 3.05) is 5.32 Å². The fraction of sp³-hybridized carbons (Fsp3) is 0.462. The molecule has 17 heavy (non-hydrogen) atoms. The van der Waals surface area contributed by atoms with E-state index in [0.29, 0.717) is 12.1 Å². The molecule has 1 aliphatic carbocycles. The number of oxazole rings is 1. The quantitative estimate of drug-likeness (QED) is 0.835. The number of rotatable bonds is 2. The zero-order valence-electron chi connectivity index (χ0n) is 9.60. The second-order valence-corrected chi connectivity index (χ2v) is 4.64. The van der Waals surface area contributed by atoms with E-state index in [1.807, 2.05) is 24.3 Å². The molecule has 1 saturated carbocycles. The number of hydrogen-bond donors (Lipinski definition) is 2. The molecule has 4 nitrogen and oxygen atoms in total. The van der Waals surface area contributed by atoms with E-state index in [1.165, 1.54) is 0 Å². The first-order valence-electron chi connectivity index (χ1n) is 6.11. The first-order chi connectivity index (χ1) is 8.31. The van der Waals surface area contributed by atoms with Gasteiger partial charge in [-0.05, 0) is 37.8 Å². The number of aliphatic hydroxyl groups excluding tert-OH is 1. The molecule has 0 unspecified atom stereocenters. The molecule has 4 heteroatoms. The summed E-state index contributed by atoms with van der Waals surface area (Å²) in [5.74, 6) is 0. The van der Waals surface area contributed by atoms with Gasteiger partial charge in [0.2, 0.25) is 0 Å². The average Bonchev–Trinajstić information content (AvgIpc) is 2.74. The van der Waals surface area contributed by atoms with Crippen molar-refractivity contribution in [1.29, 1.82) is 0 Å². The smallest absolute Gasteiger partial charge is 0.295 e. The van der Waals surface area contributed by atoms with E-state index in [4.69, 9.17) is 4.42 Å². The predicted molar refractivity (Wildman–Crippen MR) is 65.9 cm³/mol. The Morgan fingerprint density at radius 3 is 2.71 bits per heavy atom. The second-order valence-electron chi connectivity index (χ2n) is 4.64. The summed E-state index contributed by atoms with van der Waals surface area (Å²) in [5.41, 5.74) is 1.69. The predicted octanol–water partition coefficient (Wildman–Crippen LogP) is 2.54. The van der Waals surface area contributed by atoms with Crippen LogP contribution in [-0.2, 0) is 0 Å². The van der Waals surface area contributed by atoms with Crippen molar-refractivity contribution in [1.82, 2.24) is 4.98 Å². The van der Waals surface area contributed by atoms with E-state index in [9.17, 15) is 5.11 Å². The van der Waals surface area contributed by atoms with Gasteiger partial charge in [0.05, 0.1) is 6.10 Å². The Bertz CT molecular complexity index is 468. The molecular weight excluding hydrogens is 216 g/mol. The van der Waals surface area contributed by atoms with Gasteiger partial charge in [-0.2, -0.15) is 4.98 Å². The molecule has 0 saturated heterocycles. The largest absolute Gasteiger partial charge is 0.424 e. The van der Waals surface area contributed by atoms with Crippen molar-refractivity contribution >= 4 is 17.1 Å². The highest BCUT2D eigenvalue weighted by Crippen LogP contribution is 2.24. The van der Waals surface area contributed by atoms with Gasteiger partial charge < -0.3 is 14.8 Å². The third kappa shape index (κ3) is 2.26. The van der Waals surface area contributed by atoms with Crippen molar-refractivity contribution in [2.24, 2.45) is 0 Å². The maximum absolute atomic E-state index is 9.44. The normalized spacial score (nSPS) is 25.0. The first kappa shape index (κ1) is 10.6. The lowest BCUT2D eigenvalue weighted by Crippen LogP contribution is -2.28. The third-order valence-corrected chi connectivity index (χ3v) is 3.32. The summed E-state index contributed by atoms with van der Waals surface area (Å²) < 4.78 is 5.61. The minimum atomic E-state index is -0.128. The van der Waals surface area contributed by atoms with E-state index >= 15 is 0 Å². The lowest BCUT2D eigenvalue weighted by atomic mass is 9.93. The summed E-state index contributed by atoms with van der Waals surface area (Å²) in [6, 6.07) is 8.70. The fourth-order valence-corrected chi connectivity index (χ4v) is 2.33. The molecule has 0 atom stereocenters. The van der Waals surface area contributed by atoms with Crippen molar-refractivity contribution in [3.05, 3.63) is 24.3 Å². The molecule has 2 N–H and O–H groups in total. The van der Waals surface area contributed by atoms with Crippen LogP contribution < -0.4 is 5.32 Å². The summed E-state index contributed by atoms with van der Waals surface area (Å²) in [6.07, 6.45) is 3.53. The van der Waals surface area contributed by atoms with Gasteiger partial charge >= 0.3 is 0 Å². The number of nitrogens with zero attached hydrogens (tertiary/aromatic N) is 1. The fourth-order valence-electron chi connectivity index (χ4n) is 2.33. The standard InChI is InChI=1S/C13H16N2O2/c16-10-7-5-9(6-8-10)14-13-15-11-3-1-2-4-12(11)17-13/h1-4,9-10,16H,5-8H2,(H,14,15)/t9-,10-. The van der Waals surface area contributed by atoms with Gasteiger partial charge in [0.1, 0.15) is 5.52 Å². The van der Waals surface area contributed by atoms with Crippen LogP contribution in [-0.4, -0.2) is 22.2 Å². The summed E-state index contributed by atoms with van der Waals surface area (Å²) in [4.78, 5) is 4.39. The van der Waals surface area contributed by atoms with Crippen LogP contribution in [0, 0.1) is 0 Å². The Kier molecular flexibility index (Phi) is 2.73. The number of anilines is 1. The molecule has 1 aliphatic rings. The van der Waals surface area contributed by atoms with Crippen LogP contribution in [0.3, 0.4) is 0 Å². The van der Waals surface area contributed by atoms with Crippen LogP contribution in [0.1, 0.15) is 25.7 Å². The topological polar surface area (TPSA) is 58.3 Å². The molecule has 0 spiro atoms. The van der Waals surface area contributed by atoms with Crippen molar-refractivity contribution in [3.8, 4) is 0 Å². The maximum Gasteiger partial charge on any atom is 0.295 e. The molecule has 0 bridgehead atoms. The molecule has 1 aromatic heterocycles. The SMILES string of the molecule is O[C@H]1CC[C@H](Nc2nc3ccccc3o2)CC1. The van der Waals surface area contributed by atoms with Gasteiger partial charge in [0.25, 0.3) is 6.01 Å². The van der Waals surface area contributed by atoms with E-state index in [0.717, 1.165) is 36.8 Å².